The molecule has 0 atom stereocenters. The van der Waals surface area contributed by atoms with Crippen LogP contribution in [0.5, 0.6) is 11.5 Å². The average Bonchev–Trinajstić information content (AvgIpc) is 2.71. The first-order valence-corrected chi connectivity index (χ1v) is 9.65. The molecule has 0 radical (unpaired) electrons. The van der Waals surface area contributed by atoms with Gasteiger partial charge in [-0.3, -0.25) is 19.5 Å². The van der Waals surface area contributed by atoms with Crippen molar-refractivity contribution in [2.45, 2.75) is 19.4 Å². The van der Waals surface area contributed by atoms with E-state index in [0.717, 1.165) is 24.0 Å². The highest BCUT2D eigenvalue weighted by Crippen LogP contribution is 2.37. The standard InChI is InChI=1S/C20H16BrN3O5/c1-29-17-9-11(8-15(21)18(17)25)7-12-3-2-6-23-19(12)22-16-5-4-13(24(27)28)10-14(16)20(23)26/h4-5,7-10,25H,2-3,6H2,1H3/b12-7+. The number of aromatic hydroxyl groups is 1. The number of halogens is 1. The smallest absolute Gasteiger partial charge is 0.270 e. The Balaban J connectivity index is 1.89. The van der Waals surface area contributed by atoms with Crippen molar-refractivity contribution in [1.82, 2.24) is 9.55 Å². The summed E-state index contributed by atoms with van der Waals surface area (Å²) in [6.45, 7) is 0.500. The van der Waals surface area contributed by atoms with Gasteiger partial charge >= 0.3 is 0 Å². The van der Waals surface area contributed by atoms with Crippen molar-refractivity contribution in [1.29, 1.82) is 0 Å². The van der Waals surface area contributed by atoms with E-state index in [9.17, 15) is 20.0 Å². The number of aromatic nitrogens is 2. The van der Waals surface area contributed by atoms with Gasteiger partial charge in [0.05, 0.1) is 27.4 Å². The van der Waals surface area contributed by atoms with Gasteiger partial charge in [0.2, 0.25) is 0 Å². The molecule has 4 rings (SSSR count). The second kappa shape index (κ2) is 7.32. The van der Waals surface area contributed by atoms with Gasteiger partial charge in [-0.1, -0.05) is 0 Å². The third kappa shape index (κ3) is 3.38. The normalized spacial score (nSPS) is 14.8. The molecule has 148 valence electrons. The van der Waals surface area contributed by atoms with Crippen molar-refractivity contribution in [3.05, 3.63) is 66.7 Å². The van der Waals surface area contributed by atoms with Gasteiger partial charge in [0.25, 0.3) is 11.2 Å². The highest BCUT2D eigenvalue weighted by atomic mass is 79.9. The van der Waals surface area contributed by atoms with Crippen LogP contribution in [0.2, 0.25) is 0 Å². The maximum Gasteiger partial charge on any atom is 0.270 e. The van der Waals surface area contributed by atoms with Crippen LogP contribution in [-0.2, 0) is 6.54 Å². The summed E-state index contributed by atoms with van der Waals surface area (Å²) in [7, 11) is 1.47. The lowest BCUT2D eigenvalue weighted by Gasteiger charge is -2.21. The SMILES string of the molecule is COc1cc(/C=C2\CCCn3c2nc2ccc([N+](=O)[O-])cc2c3=O)cc(Br)c1O. The lowest BCUT2D eigenvalue weighted by Crippen LogP contribution is -2.27. The fourth-order valence-electron chi connectivity index (χ4n) is 3.49. The molecule has 1 N–H and O–H groups in total. The Bertz CT molecular complexity index is 1250. The predicted molar refractivity (Wildman–Crippen MR) is 112 cm³/mol. The van der Waals surface area contributed by atoms with Crippen molar-refractivity contribution < 1.29 is 14.8 Å². The van der Waals surface area contributed by atoms with Crippen molar-refractivity contribution in [3.8, 4) is 11.5 Å². The fraction of sp³-hybridized carbons (Fsp3) is 0.200. The van der Waals surface area contributed by atoms with Gasteiger partial charge < -0.3 is 9.84 Å². The van der Waals surface area contributed by atoms with E-state index < -0.39 is 4.92 Å². The van der Waals surface area contributed by atoms with Gasteiger partial charge in [-0.15, -0.1) is 0 Å². The van der Waals surface area contributed by atoms with E-state index in [1.165, 1.54) is 25.3 Å². The number of hydrogen-bond donors (Lipinski definition) is 1. The zero-order chi connectivity index (χ0) is 20.7. The van der Waals surface area contributed by atoms with Crippen LogP contribution < -0.4 is 10.3 Å². The molecule has 1 aromatic heterocycles. The molecule has 29 heavy (non-hydrogen) atoms. The van der Waals surface area contributed by atoms with E-state index in [0.29, 0.717) is 28.1 Å². The molecule has 2 heterocycles. The first-order chi connectivity index (χ1) is 13.9. The highest BCUT2D eigenvalue weighted by Gasteiger charge is 2.20. The molecule has 1 aliphatic rings. The Morgan fingerprint density at radius 1 is 1.34 bits per heavy atom. The first-order valence-electron chi connectivity index (χ1n) is 8.85. The highest BCUT2D eigenvalue weighted by molar-refractivity contribution is 9.10. The Kier molecular flexibility index (Phi) is 4.83. The monoisotopic (exact) mass is 457 g/mol. The van der Waals surface area contributed by atoms with E-state index >= 15 is 0 Å². The molecule has 1 aliphatic heterocycles. The summed E-state index contributed by atoms with van der Waals surface area (Å²) in [5.74, 6) is 0.893. The molecule has 9 heteroatoms. The average molecular weight is 458 g/mol. The third-order valence-corrected chi connectivity index (χ3v) is 5.48. The maximum absolute atomic E-state index is 13.0. The Morgan fingerprint density at radius 3 is 2.86 bits per heavy atom. The number of methoxy groups -OCH3 is 1. The topological polar surface area (TPSA) is 107 Å². The van der Waals surface area contributed by atoms with Crippen LogP contribution in [-0.4, -0.2) is 26.7 Å². The Labute approximate surface area is 173 Å². The Morgan fingerprint density at radius 2 is 2.14 bits per heavy atom. The van der Waals surface area contributed by atoms with Crippen LogP contribution in [0.15, 0.2) is 39.6 Å². The minimum atomic E-state index is -0.523. The lowest BCUT2D eigenvalue weighted by molar-refractivity contribution is -0.384. The number of phenolic OH excluding ortho intramolecular Hbond substituents is 1. The summed E-state index contributed by atoms with van der Waals surface area (Å²) >= 11 is 3.31. The minimum Gasteiger partial charge on any atom is -0.503 e. The van der Waals surface area contributed by atoms with Crippen LogP contribution in [0.1, 0.15) is 24.2 Å². The van der Waals surface area contributed by atoms with Crippen LogP contribution in [0.3, 0.4) is 0 Å². The van der Waals surface area contributed by atoms with Gasteiger partial charge in [0.15, 0.2) is 11.5 Å². The first kappa shape index (κ1) is 19.1. The summed E-state index contributed by atoms with van der Waals surface area (Å²) < 4.78 is 7.26. The van der Waals surface area contributed by atoms with Crippen molar-refractivity contribution in [2.75, 3.05) is 7.11 Å². The van der Waals surface area contributed by atoms with Gasteiger partial charge in [0.1, 0.15) is 5.82 Å². The second-order valence-electron chi connectivity index (χ2n) is 6.68. The molecule has 0 amide bonds. The van der Waals surface area contributed by atoms with Crippen LogP contribution in [0, 0.1) is 10.1 Å². The number of ether oxygens (including phenoxy) is 1. The van der Waals surface area contributed by atoms with Gasteiger partial charge in [-0.2, -0.15) is 0 Å². The molecule has 0 aliphatic carbocycles. The Hall–Kier alpha value is -3.20. The lowest BCUT2D eigenvalue weighted by atomic mass is 10.0. The minimum absolute atomic E-state index is 0.0145. The molecular weight excluding hydrogens is 442 g/mol. The number of phenols is 1. The largest absolute Gasteiger partial charge is 0.503 e. The number of rotatable bonds is 3. The molecule has 3 aromatic rings. The molecule has 0 saturated heterocycles. The summed E-state index contributed by atoms with van der Waals surface area (Å²) in [5, 5.41) is 21.3. The molecule has 8 nitrogen and oxygen atoms in total. The van der Waals surface area contributed by atoms with E-state index in [2.05, 4.69) is 20.9 Å². The van der Waals surface area contributed by atoms with Crippen LogP contribution in [0.25, 0.3) is 22.6 Å². The number of benzene rings is 2. The van der Waals surface area contributed by atoms with Crippen LogP contribution in [0.4, 0.5) is 5.69 Å². The fourth-order valence-corrected chi connectivity index (χ4v) is 3.94. The van der Waals surface area contributed by atoms with Gasteiger partial charge in [-0.25, -0.2) is 4.98 Å². The summed E-state index contributed by atoms with van der Waals surface area (Å²) in [6, 6.07) is 7.58. The molecule has 0 unspecified atom stereocenters. The molecule has 0 fully saturated rings. The number of non-ortho nitro benzene ring substituents is 1. The van der Waals surface area contributed by atoms with Crippen molar-refractivity contribution in [2.24, 2.45) is 0 Å². The number of nitrogens with zero attached hydrogens (tertiary/aromatic N) is 3. The van der Waals surface area contributed by atoms with Crippen LogP contribution >= 0.6 is 15.9 Å². The number of nitro groups is 1. The van der Waals surface area contributed by atoms with Gasteiger partial charge in [0, 0.05) is 18.7 Å². The summed E-state index contributed by atoms with van der Waals surface area (Å²) in [5.41, 5.74) is 1.65. The summed E-state index contributed by atoms with van der Waals surface area (Å²) in [4.78, 5) is 28.1. The number of nitro benzene ring substituents is 1. The maximum atomic E-state index is 13.0. The summed E-state index contributed by atoms with van der Waals surface area (Å²) in [6.07, 6.45) is 3.38. The zero-order valence-corrected chi connectivity index (χ0v) is 17.0. The number of allylic oxidation sites excluding steroid dienone is 1. The quantitative estimate of drug-likeness (QED) is 0.468. The van der Waals surface area contributed by atoms with E-state index in [4.69, 9.17) is 4.74 Å². The van der Waals surface area contributed by atoms with Crippen molar-refractivity contribution >= 4 is 44.2 Å². The molecule has 2 aromatic carbocycles. The number of hydrogen-bond acceptors (Lipinski definition) is 6. The molecule has 0 spiro atoms. The van der Waals surface area contributed by atoms with Gasteiger partial charge in [-0.05, 0) is 64.2 Å². The predicted octanol–water partition coefficient (Wildman–Crippen LogP) is 4.12. The molecule has 0 saturated carbocycles. The zero-order valence-electron chi connectivity index (χ0n) is 15.4. The molecule has 0 bridgehead atoms. The number of fused-ring (bicyclic) bond motifs is 2. The van der Waals surface area contributed by atoms with E-state index in [1.807, 2.05) is 6.08 Å². The van der Waals surface area contributed by atoms with Crippen molar-refractivity contribution in [3.63, 3.8) is 0 Å². The van der Waals surface area contributed by atoms with E-state index in [1.54, 1.807) is 16.7 Å². The molecular formula is C20H16BrN3O5. The van der Waals surface area contributed by atoms with E-state index in [-0.39, 0.29) is 22.4 Å². The second-order valence-corrected chi connectivity index (χ2v) is 7.53. The third-order valence-electron chi connectivity index (χ3n) is 4.88.